The van der Waals surface area contributed by atoms with Crippen LogP contribution in [0.5, 0.6) is 0 Å². The monoisotopic (exact) mass is 198 g/mol. The number of imidazole rings is 1. The highest BCUT2D eigenvalue weighted by Crippen LogP contribution is 2.00. The van der Waals surface area contributed by atoms with Crippen LogP contribution < -0.4 is 0 Å². The molecule has 0 fully saturated rings. The lowest BCUT2D eigenvalue weighted by molar-refractivity contribution is -0.116. The number of carbonyl (C=O) groups is 2. The van der Waals surface area contributed by atoms with Crippen LogP contribution in [-0.4, -0.2) is 21.5 Å². The Labute approximate surface area is 84.7 Å². The van der Waals surface area contributed by atoms with Crippen molar-refractivity contribution in [2.45, 2.75) is 35.1 Å². The Bertz CT molecular complexity index is 316. The van der Waals surface area contributed by atoms with Crippen molar-refractivity contribution in [1.29, 1.82) is 0 Å². The Hall–Kier alpha value is -1.45. The fraction of sp³-hybridized carbons (Fsp3) is 0.500. The molecule has 4 heteroatoms. The van der Waals surface area contributed by atoms with E-state index in [0.29, 0.717) is 11.5 Å². The molecule has 0 aromatic carbocycles. The van der Waals surface area contributed by atoms with Gasteiger partial charge < -0.3 is 4.98 Å². The molecule has 0 saturated carbocycles. The summed E-state index contributed by atoms with van der Waals surface area (Å²) in [6.07, 6.45) is 1.39. The molecule has 1 rings (SSSR count). The summed E-state index contributed by atoms with van der Waals surface area (Å²) in [6.45, 7) is 3.14. The molecule has 1 N–H and O–H groups in total. The zero-order chi connectivity index (χ0) is 9.14. The zero-order valence-electron chi connectivity index (χ0n) is 7.05. The van der Waals surface area contributed by atoms with Crippen molar-refractivity contribution in [3.05, 3.63) is 17.7 Å². The molecule has 0 unspecified atom stereocenters. The molecule has 1 heterocycles. The molecule has 1 aromatic heterocycles. The van der Waals surface area contributed by atoms with Crippen LogP contribution in [0.4, 0.5) is 0 Å². The SMILES string of the molecule is C.C.CC(=O)CC(=O)c1cnc(C)[nH]1. The first-order valence-electron chi connectivity index (χ1n) is 3.64. The Morgan fingerprint density at radius 1 is 1.43 bits per heavy atom. The fourth-order valence-corrected chi connectivity index (χ4v) is 0.884. The molecule has 0 aliphatic carbocycles. The van der Waals surface area contributed by atoms with Crippen LogP contribution in [0.25, 0.3) is 0 Å². The number of aryl methyl sites for hydroxylation is 1. The predicted octanol–water partition coefficient (Wildman–Crippen LogP) is 2.15. The highest BCUT2D eigenvalue weighted by molar-refractivity contribution is 6.06. The summed E-state index contributed by atoms with van der Waals surface area (Å²) in [6, 6.07) is 0. The number of nitrogens with one attached hydrogen (secondary N) is 1. The highest BCUT2D eigenvalue weighted by atomic mass is 16.1. The number of Topliss-reactive ketones (excluding diaryl/α,β-unsaturated/α-hetero) is 2. The number of hydrogen-bond donors (Lipinski definition) is 1. The van der Waals surface area contributed by atoms with Gasteiger partial charge in [-0.25, -0.2) is 4.98 Å². The van der Waals surface area contributed by atoms with Crippen LogP contribution in [0.1, 0.15) is 44.5 Å². The first-order chi connectivity index (χ1) is 5.59. The van der Waals surface area contributed by atoms with Crippen molar-refractivity contribution >= 4 is 11.6 Å². The predicted molar refractivity (Wildman–Crippen MR) is 56.4 cm³/mol. The Kier molecular flexibility index (Phi) is 6.52. The molecule has 0 radical (unpaired) electrons. The smallest absolute Gasteiger partial charge is 0.187 e. The van der Waals surface area contributed by atoms with E-state index in [1.807, 2.05) is 0 Å². The highest BCUT2D eigenvalue weighted by Gasteiger charge is 2.09. The van der Waals surface area contributed by atoms with E-state index in [9.17, 15) is 9.59 Å². The third-order valence-electron chi connectivity index (χ3n) is 1.41. The van der Waals surface area contributed by atoms with Gasteiger partial charge in [-0.05, 0) is 13.8 Å². The molecule has 0 aliphatic heterocycles. The maximum absolute atomic E-state index is 11.2. The van der Waals surface area contributed by atoms with Gasteiger partial charge in [0.2, 0.25) is 0 Å². The first-order valence-corrected chi connectivity index (χ1v) is 3.64. The molecule has 0 aliphatic rings. The van der Waals surface area contributed by atoms with E-state index in [1.165, 1.54) is 13.1 Å². The number of H-pyrrole nitrogens is 1. The minimum absolute atomic E-state index is 0. The van der Waals surface area contributed by atoms with Gasteiger partial charge in [-0.3, -0.25) is 9.59 Å². The topological polar surface area (TPSA) is 62.8 Å². The van der Waals surface area contributed by atoms with Gasteiger partial charge >= 0.3 is 0 Å². The van der Waals surface area contributed by atoms with Crippen LogP contribution in [-0.2, 0) is 4.79 Å². The van der Waals surface area contributed by atoms with E-state index in [0.717, 1.165) is 0 Å². The van der Waals surface area contributed by atoms with E-state index in [-0.39, 0.29) is 32.8 Å². The van der Waals surface area contributed by atoms with Crippen LogP contribution in [0.2, 0.25) is 0 Å². The first kappa shape index (κ1) is 15.0. The standard InChI is InChI=1S/C8H10N2O2.2CH4/c1-5(11)3-8(12)7-4-9-6(2)10-7;;/h4H,3H2,1-2H3,(H,9,10);2*1H4. The van der Waals surface area contributed by atoms with Crippen molar-refractivity contribution in [3.63, 3.8) is 0 Å². The maximum Gasteiger partial charge on any atom is 0.187 e. The second-order valence-corrected chi connectivity index (χ2v) is 2.68. The number of rotatable bonds is 3. The average molecular weight is 198 g/mol. The third-order valence-corrected chi connectivity index (χ3v) is 1.41. The summed E-state index contributed by atoms with van der Waals surface area (Å²) >= 11 is 0. The van der Waals surface area contributed by atoms with Crippen molar-refractivity contribution in [2.75, 3.05) is 0 Å². The largest absolute Gasteiger partial charge is 0.340 e. The molecule has 4 nitrogen and oxygen atoms in total. The number of ketones is 2. The summed E-state index contributed by atoms with van der Waals surface area (Å²) < 4.78 is 0. The maximum atomic E-state index is 11.2. The van der Waals surface area contributed by atoms with Crippen molar-refractivity contribution < 1.29 is 9.59 Å². The molecule has 0 spiro atoms. The number of aromatic amines is 1. The molecule has 0 bridgehead atoms. The summed E-state index contributed by atoms with van der Waals surface area (Å²) in [5.74, 6) is 0.345. The van der Waals surface area contributed by atoms with Crippen molar-refractivity contribution in [1.82, 2.24) is 9.97 Å². The van der Waals surface area contributed by atoms with Gasteiger partial charge in [0.15, 0.2) is 5.78 Å². The van der Waals surface area contributed by atoms with Crippen molar-refractivity contribution in [3.8, 4) is 0 Å². The van der Waals surface area contributed by atoms with Gasteiger partial charge in [-0.1, -0.05) is 14.9 Å². The van der Waals surface area contributed by atoms with Gasteiger partial charge in [0.1, 0.15) is 17.3 Å². The summed E-state index contributed by atoms with van der Waals surface area (Å²) in [4.78, 5) is 28.4. The van der Waals surface area contributed by atoms with E-state index in [1.54, 1.807) is 6.92 Å². The molecule has 0 saturated heterocycles. The molecule has 1 aromatic rings. The molecule has 80 valence electrons. The van der Waals surface area contributed by atoms with Gasteiger partial charge in [0.25, 0.3) is 0 Å². The molecular formula is C10H18N2O2. The summed E-state index contributed by atoms with van der Waals surface area (Å²) in [5.41, 5.74) is 0.405. The van der Waals surface area contributed by atoms with Crippen LogP contribution in [0.15, 0.2) is 6.20 Å². The Morgan fingerprint density at radius 2 is 2.00 bits per heavy atom. The summed E-state index contributed by atoms with van der Waals surface area (Å²) in [5, 5.41) is 0. The Balaban J connectivity index is 0. The quantitative estimate of drug-likeness (QED) is 0.598. The molecule has 14 heavy (non-hydrogen) atoms. The van der Waals surface area contributed by atoms with Gasteiger partial charge in [-0.2, -0.15) is 0 Å². The van der Waals surface area contributed by atoms with E-state index >= 15 is 0 Å². The van der Waals surface area contributed by atoms with Gasteiger partial charge in [0, 0.05) is 0 Å². The molecule has 0 atom stereocenters. The lowest BCUT2D eigenvalue weighted by Crippen LogP contribution is -2.05. The van der Waals surface area contributed by atoms with Crippen molar-refractivity contribution in [2.24, 2.45) is 0 Å². The number of aromatic nitrogens is 2. The molecular weight excluding hydrogens is 180 g/mol. The minimum atomic E-state index is -0.205. The number of carbonyl (C=O) groups excluding carboxylic acids is 2. The minimum Gasteiger partial charge on any atom is -0.340 e. The second kappa shape index (κ2) is 6.07. The van der Waals surface area contributed by atoms with Gasteiger partial charge in [0.05, 0.1) is 12.6 Å². The van der Waals surface area contributed by atoms with E-state index < -0.39 is 0 Å². The normalized spacial score (nSPS) is 8.43. The number of nitrogens with zero attached hydrogens (tertiary/aromatic N) is 1. The lowest BCUT2D eigenvalue weighted by atomic mass is 10.2. The third kappa shape index (κ3) is 3.98. The fourth-order valence-electron chi connectivity index (χ4n) is 0.884. The number of hydrogen-bond acceptors (Lipinski definition) is 3. The van der Waals surface area contributed by atoms with Crippen LogP contribution in [0, 0.1) is 6.92 Å². The summed E-state index contributed by atoms with van der Waals surface area (Å²) in [7, 11) is 0. The average Bonchev–Trinajstić information content (AvgIpc) is 2.34. The second-order valence-electron chi connectivity index (χ2n) is 2.68. The molecule has 0 amide bonds. The van der Waals surface area contributed by atoms with E-state index in [4.69, 9.17) is 0 Å². The van der Waals surface area contributed by atoms with Crippen LogP contribution >= 0.6 is 0 Å². The van der Waals surface area contributed by atoms with Crippen LogP contribution in [0.3, 0.4) is 0 Å². The van der Waals surface area contributed by atoms with E-state index in [2.05, 4.69) is 9.97 Å². The van der Waals surface area contributed by atoms with Gasteiger partial charge in [-0.15, -0.1) is 0 Å². The zero-order valence-corrected chi connectivity index (χ0v) is 7.05. The lowest BCUT2D eigenvalue weighted by Gasteiger charge is -1.91. The Morgan fingerprint density at radius 3 is 2.36 bits per heavy atom.